The molecule has 1 aromatic rings. The Morgan fingerprint density at radius 2 is 2.13 bits per heavy atom. The molecule has 4 heteroatoms. The number of imidazole rings is 1. The van der Waals surface area contributed by atoms with Gasteiger partial charge in [-0.25, -0.2) is 4.98 Å². The second kappa shape index (κ2) is 3.59. The lowest BCUT2D eigenvalue weighted by Crippen LogP contribution is -2.32. The molecule has 1 aromatic heterocycles. The van der Waals surface area contributed by atoms with Gasteiger partial charge in [0.1, 0.15) is 10.4 Å². The Morgan fingerprint density at radius 3 is 2.73 bits per heavy atom. The Kier molecular flexibility index (Phi) is 2.67. The van der Waals surface area contributed by atoms with E-state index in [4.69, 9.17) is 5.73 Å². The van der Waals surface area contributed by atoms with Crippen LogP contribution in [0.15, 0.2) is 4.60 Å². The van der Waals surface area contributed by atoms with Crippen molar-refractivity contribution in [2.24, 2.45) is 5.73 Å². The van der Waals surface area contributed by atoms with Gasteiger partial charge >= 0.3 is 0 Å². The van der Waals surface area contributed by atoms with Crippen molar-refractivity contribution in [2.75, 3.05) is 0 Å². The molecule has 0 radical (unpaired) electrons. The largest absolute Gasteiger partial charge is 0.330 e. The Bertz CT molecular complexity index is 376. The van der Waals surface area contributed by atoms with Crippen molar-refractivity contribution in [3.63, 3.8) is 0 Å². The predicted molar refractivity (Wildman–Crippen MR) is 64.9 cm³/mol. The van der Waals surface area contributed by atoms with Gasteiger partial charge in [0.05, 0.1) is 5.69 Å². The molecule has 0 saturated heterocycles. The first-order valence-corrected chi connectivity index (χ1v) is 6.20. The zero-order valence-electron chi connectivity index (χ0n) is 9.55. The molecular formula is C11H18BrN3. The van der Waals surface area contributed by atoms with Gasteiger partial charge in [-0.3, -0.25) is 0 Å². The molecule has 84 valence electrons. The number of halogens is 1. The van der Waals surface area contributed by atoms with Crippen molar-refractivity contribution in [1.82, 2.24) is 9.55 Å². The van der Waals surface area contributed by atoms with E-state index in [1.807, 2.05) is 0 Å². The van der Waals surface area contributed by atoms with Gasteiger partial charge < -0.3 is 10.3 Å². The van der Waals surface area contributed by atoms with E-state index in [2.05, 4.69) is 46.3 Å². The Morgan fingerprint density at radius 1 is 1.47 bits per heavy atom. The van der Waals surface area contributed by atoms with E-state index >= 15 is 0 Å². The third kappa shape index (κ3) is 1.97. The summed E-state index contributed by atoms with van der Waals surface area (Å²) >= 11 is 3.54. The zero-order valence-corrected chi connectivity index (χ0v) is 11.1. The maximum Gasteiger partial charge on any atom is 0.127 e. The molecule has 1 atom stereocenters. The van der Waals surface area contributed by atoms with Gasteiger partial charge in [-0.1, -0.05) is 20.8 Å². The molecule has 0 spiro atoms. The maximum atomic E-state index is 5.97. The number of aromatic nitrogens is 2. The van der Waals surface area contributed by atoms with Crippen LogP contribution in [0.3, 0.4) is 0 Å². The fourth-order valence-electron chi connectivity index (χ4n) is 2.11. The molecule has 2 heterocycles. The van der Waals surface area contributed by atoms with Gasteiger partial charge in [0, 0.05) is 24.4 Å². The minimum absolute atomic E-state index is 0.0994. The Labute approximate surface area is 99.2 Å². The molecule has 0 bridgehead atoms. The van der Waals surface area contributed by atoms with Crippen LogP contribution in [0.4, 0.5) is 0 Å². The first kappa shape index (κ1) is 11.1. The van der Waals surface area contributed by atoms with E-state index in [0.29, 0.717) is 6.04 Å². The highest BCUT2D eigenvalue weighted by Crippen LogP contribution is 2.30. The normalized spacial score (nSPS) is 21.5. The van der Waals surface area contributed by atoms with Crippen LogP contribution >= 0.6 is 15.9 Å². The Balaban J connectivity index is 2.48. The van der Waals surface area contributed by atoms with Crippen LogP contribution in [0.2, 0.25) is 0 Å². The molecule has 1 aliphatic heterocycles. The van der Waals surface area contributed by atoms with Crippen LogP contribution in [0.1, 0.15) is 38.7 Å². The molecule has 1 unspecified atom stereocenters. The summed E-state index contributed by atoms with van der Waals surface area (Å²) in [6.45, 7) is 7.60. The van der Waals surface area contributed by atoms with Crippen LogP contribution in [0.25, 0.3) is 0 Å². The van der Waals surface area contributed by atoms with E-state index in [0.717, 1.165) is 29.8 Å². The smallest absolute Gasteiger partial charge is 0.127 e. The van der Waals surface area contributed by atoms with Gasteiger partial charge in [0.15, 0.2) is 0 Å². The highest BCUT2D eigenvalue weighted by atomic mass is 79.9. The average molecular weight is 272 g/mol. The Hall–Kier alpha value is -0.350. The third-order valence-corrected chi connectivity index (χ3v) is 3.51. The van der Waals surface area contributed by atoms with Crippen LogP contribution in [0.5, 0.6) is 0 Å². The lowest BCUT2D eigenvalue weighted by molar-refractivity contribution is 0.424. The lowest BCUT2D eigenvalue weighted by atomic mass is 9.95. The molecule has 1 aliphatic rings. The van der Waals surface area contributed by atoms with Gasteiger partial charge in [0.2, 0.25) is 0 Å². The molecular weight excluding hydrogens is 254 g/mol. The standard InChI is InChI=1S/C11H18BrN3/c1-11(2,3)10-14-9(12)8-6-7(13)4-5-15(8)10/h7H,4-6,13H2,1-3H3. The quantitative estimate of drug-likeness (QED) is 0.787. The molecule has 0 saturated carbocycles. The second-order valence-corrected chi connectivity index (χ2v) is 6.08. The number of rotatable bonds is 0. The monoisotopic (exact) mass is 271 g/mol. The number of hydrogen-bond acceptors (Lipinski definition) is 2. The summed E-state index contributed by atoms with van der Waals surface area (Å²) in [6, 6.07) is 0.290. The van der Waals surface area contributed by atoms with Crippen LogP contribution in [-0.2, 0) is 18.4 Å². The average Bonchev–Trinajstić information content (AvgIpc) is 2.43. The van der Waals surface area contributed by atoms with Crippen molar-refractivity contribution < 1.29 is 0 Å². The van der Waals surface area contributed by atoms with Crippen LogP contribution < -0.4 is 5.73 Å². The second-order valence-electron chi connectivity index (χ2n) is 5.33. The molecule has 2 rings (SSSR count). The van der Waals surface area contributed by atoms with Crippen molar-refractivity contribution in [2.45, 2.75) is 51.6 Å². The van der Waals surface area contributed by atoms with Gasteiger partial charge in [0.25, 0.3) is 0 Å². The molecule has 0 aromatic carbocycles. The van der Waals surface area contributed by atoms with Crippen molar-refractivity contribution in [3.8, 4) is 0 Å². The summed E-state index contributed by atoms with van der Waals surface area (Å²) in [5.41, 5.74) is 7.34. The highest BCUT2D eigenvalue weighted by molar-refractivity contribution is 9.10. The van der Waals surface area contributed by atoms with E-state index in [-0.39, 0.29) is 5.41 Å². The fourth-order valence-corrected chi connectivity index (χ4v) is 2.65. The molecule has 0 amide bonds. The van der Waals surface area contributed by atoms with E-state index in [1.165, 1.54) is 5.69 Å². The summed E-state index contributed by atoms with van der Waals surface area (Å²) in [5.74, 6) is 1.16. The van der Waals surface area contributed by atoms with E-state index in [1.54, 1.807) is 0 Å². The zero-order chi connectivity index (χ0) is 11.2. The summed E-state index contributed by atoms with van der Waals surface area (Å²) in [4.78, 5) is 4.62. The lowest BCUT2D eigenvalue weighted by Gasteiger charge is -2.26. The van der Waals surface area contributed by atoms with Gasteiger partial charge in [-0.15, -0.1) is 0 Å². The predicted octanol–water partition coefficient (Wildman–Crippen LogP) is 2.22. The SMILES string of the molecule is CC(C)(C)c1nc(Br)c2n1CCC(N)C2. The number of nitrogens with two attached hydrogens (primary N) is 1. The molecule has 3 nitrogen and oxygen atoms in total. The van der Waals surface area contributed by atoms with Crippen LogP contribution in [-0.4, -0.2) is 15.6 Å². The van der Waals surface area contributed by atoms with E-state index in [9.17, 15) is 0 Å². The molecule has 0 fully saturated rings. The van der Waals surface area contributed by atoms with Crippen molar-refractivity contribution in [3.05, 3.63) is 16.1 Å². The third-order valence-electron chi connectivity index (χ3n) is 2.87. The maximum absolute atomic E-state index is 5.97. The number of hydrogen-bond donors (Lipinski definition) is 1. The van der Waals surface area contributed by atoms with Gasteiger partial charge in [-0.2, -0.15) is 0 Å². The highest BCUT2D eigenvalue weighted by Gasteiger charge is 2.28. The minimum Gasteiger partial charge on any atom is -0.330 e. The topological polar surface area (TPSA) is 43.8 Å². The summed E-state index contributed by atoms with van der Waals surface area (Å²) < 4.78 is 3.30. The minimum atomic E-state index is 0.0994. The summed E-state index contributed by atoms with van der Waals surface area (Å²) in [6.07, 6.45) is 1.99. The summed E-state index contributed by atoms with van der Waals surface area (Å²) in [7, 11) is 0. The molecule has 15 heavy (non-hydrogen) atoms. The molecule has 2 N–H and O–H groups in total. The first-order valence-electron chi connectivity index (χ1n) is 5.40. The fraction of sp³-hybridized carbons (Fsp3) is 0.727. The molecule has 0 aliphatic carbocycles. The first-order chi connectivity index (χ1) is 6.89. The number of fused-ring (bicyclic) bond motifs is 1. The summed E-state index contributed by atoms with van der Waals surface area (Å²) in [5, 5.41) is 0. The van der Waals surface area contributed by atoms with Gasteiger partial charge in [-0.05, 0) is 22.4 Å². The van der Waals surface area contributed by atoms with Crippen LogP contribution in [0, 0.1) is 0 Å². The van der Waals surface area contributed by atoms with Crippen molar-refractivity contribution in [1.29, 1.82) is 0 Å². The number of nitrogens with zero attached hydrogens (tertiary/aromatic N) is 2. The van der Waals surface area contributed by atoms with Crippen molar-refractivity contribution >= 4 is 15.9 Å². The van der Waals surface area contributed by atoms with E-state index < -0.39 is 0 Å².